The molecule has 11 aromatic rings. The van der Waals surface area contributed by atoms with Crippen molar-refractivity contribution in [2.24, 2.45) is 0 Å². The van der Waals surface area contributed by atoms with Crippen LogP contribution in [0.3, 0.4) is 0 Å². The molecular weight excluding hydrogens is 785 g/mol. The van der Waals surface area contributed by atoms with E-state index in [1.54, 1.807) is 6.33 Å². The molecule has 296 valence electrons. The molecule has 0 saturated heterocycles. The standard InChI is InChI=1S/C56H38N6Si/c1-57-43-35-42(56-60-59-39-61(56)55-48(40-19-6-2-7-20-40)28-18-29-49(55)41-21-8-3-9-22-41)36-47(37-43)63(44-23-10-4-11-24-44,45-25-12-5-13-26-45)46-32-33-51-50-27-14-15-30-52(50)62(53(51)38-46)54-31-16-17-34-58-54/h2-39H. The highest BCUT2D eigenvalue weighted by molar-refractivity contribution is 7.20. The Morgan fingerprint density at radius 2 is 1.06 bits per heavy atom. The maximum Gasteiger partial charge on any atom is 0.187 e. The molecule has 0 aliphatic rings. The molecule has 0 N–H and O–H groups in total. The summed E-state index contributed by atoms with van der Waals surface area (Å²) in [4.78, 5) is 9.02. The van der Waals surface area contributed by atoms with Crippen LogP contribution in [0.15, 0.2) is 231 Å². The molecule has 8 aromatic carbocycles. The van der Waals surface area contributed by atoms with Crippen LogP contribution in [0.1, 0.15) is 0 Å². The molecule has 0 radical (unpaired) electrons. The fraction of sp³-hybridized carbons (Fsp3) is 0. The van der Waals surface area contributed by atoms with Gasteiger partial charge in [-0.15, -0.1) is 10.2 Å². The van der Waals surface area contributed by atoms with Crippen LogP contribution < -0.4 is 20.7 Å². The first-order chi connectivity index (χ1) is 31.2. The maximum absolute atomic E-state index is 8.57. The minimum absolute atomic E-state index is 0.532. The lowest BCUT2D eigenvalue weighted by Gasteiger charge is -2.35. The van der Waals surface area contributed by atoms with Gasteiger partial charge in [0, 0.05) is 33.7 Å². The summed E-state index contributed by atoms with van der Waals surface area (Å²) in [5, 5.41) is 16.4. The van der Waals surface area contributed by atoms with Gasteiger partial charge in [-0.05, 0) is 57.0 Å². The van der Waals surface area contributed by atoms with Crippen molar-refractivity contribution in [2.75, 3.05) is 0 Å². The quantitative estimate of drug-likeness (QED) is 0.0828. The molecule has 0 bridgehead atoms. The van der Waals surface area contributed by atoms with Crippen LogP contribution in [0.4, 0.5) is 5.69 Å². The summed E-state index contributed by atoms with van der Waals surface area (Å²) in [6.07, 6.45) is 3.65. The second-order valence-electron chi connectivity index (χ2n) is 15.6. The smallest absolute Gasteiger partial charge is 0.187 e. The highest BCUT2D eigenvalue weighted by atomic mass is 28.3. The van der Waals surface area contributed by atoms with Gasteiger partial charge in [-0.25, -0.2) is 9.83 Å². The van der Waals surface area contributed by atoms with E-state index in [0.717, 1.165) is 60.9 Å². The fourth-order valence-corrected chi connectivity index (χ4v) is 14.2. The largest absolute Gasteiger partial charge is 0.294 e. The molecule has 3 aromatic heterocycles. The van der Waals surface area contributed by atoms with E-state index in [2.05, 4.69) is 207 Å². The van der Waals surface area contributed by atoms with Gasteiger partial charge in [-0.2, -0.15) is 0 Å². The highest BCUT2D eigenvalue weighted by Gasteiger charge is 2.42. The summed E-state index contributed by atoms with van der Waals surface area (Å²) >= 11 is 0. The van der Waals surface area contributed by atoms with Crippen molar-refractivity contribution in [2.45, 2.75) is 0 Å². The molecule has 3 heterocycles. The first-order valence-corrected chi connectivity index (χ1v) is 23.0. The number of para-hydroxylation sites is 2. The third-order valence-corrected chi connectivity index (χ3v) is 16.9. The summed E-state index contributed by atoms with van der Waals surface area (Å²) in [7, 11) is -3.24. The Balaban J connectivity index is 1.21. The SMILES string of the molecule is [C-]#[N+]c1cc(-c2nncn2-c2c(-c3ccccc3)cccc2-c2ccccc2)cc([Si](c2ccccc2)(c2ccccc2)c2ccc3c4ccccc4n(-c4ccccn4)c3c2)c1. The van der Waals surface area contributed by atoms with Crippen molar-refractivity contribution >= 4 is 56.3 Å². The van der Waals surface area contributed by atoms with Crippen LogP contribution in [0.25, 0.3) is 71.8 Å². The third-order valence-electron chi connectivity index (χ3n) is 12.1. The topological polar surface area (TPSA) is 52.9 Å². The van der Waals surface area contributed by atoms with Gasteiger partial charge in [0.05, 0.1) is 23.3 Å². The molecular formula is C56H38N6Si. The van der Waals surface area contributed by atoms with Gasteiger partial charge in [-0.3, -0.25) is 9.13 Å². The molecule has 0 fully saturated rings. The lowest BCUT2D eigenvalue weighted by Crippen LogP contribution is -2.74. The molecule has 11 rings (SSSR count). The van der Waals surface area contributed by atoms with Crippen LogP contribution in [0, 0.1) is 6.57 Å². The summed E-state index contributed by atoms with van der Waals surface area (Å²) in [5.41, 5.74) is 8.74. The van der Waals surface area contributed by atoms with Crippen LogP contribution in [-0.2, 0) is 0 Å². The zero-order chi connectivity index (χ0) is 42.2. The Morgan fingerprint density at radius 3 is 1.70 bits per heavy atom. The number of fused-ring (bicyclic) bond motifs is 3. The maximum atomic E-state index is 8.57. The predicted octanol–water partition coefficient (Wildman–Crippen LogP) is 10.7. The molecule has 0 aliphatic carbocycles. The van der Waals surface area contributed by atoms with Crippen molar-refractivity contribution in [3.05, 3.63) is 242 Å². The summed E-state index contributed by atoms with van der Waals surface area (Å²) < 4.78 is 4.38. The van der Waals surface area contributed by atoms with Crippen molar-refractivity contribution < 1.29 is 0 Å². The molecule has 7 heteroatoms. The lowest BCUT2D eigenvalue weighted by molar-refractivity contribution is 1.07. The zero-order valence-electron chi connectivity index (χ0n) is 34.1. The minimum atomic E-state index is -3.24. The number of aromatic nitrogens is 5. The van der Waals surface area contributed by atoms with Crippen molar-refractivity contribution in [3.63, 3.8) is 0 Å². The second-order valence-corrected chi connectivity index (χ2v) is 19.4. The molecule has 6 nitrogen and oxygen atoms in total. The number of nitrogens with zero attached hydrogens (tertiary/aromatic N) is 6. The number of benzene rings is 8. The molecule has 0 aliphatic heterocycles. The number of hydrogen-bond acceptors (Lipinski definition) is 3. The van der Waals surface area contributed by atoms with Gasteiger partial charge >= 0.3 is 0 Å². The van der Waals surface area contributed by atoms with Crippen LogP contribution in [0.2, 0.25) is 0 Å². The van der Waals surface area contributed by atoms with E-state index < -0.39 is 8.07 Å². The van der Waals surface area contributed by atoms with Gasteiger partial charge < -0.3 is 0 Å². The van der Waals surface area contributed by atoms with E-state index in [1.165, 1.54) is 20.9 Å². The van der Waals surface area contributed by atoms with E-state index in [9.17, 15) is 0 Å². The zero-order valence-corrected chi connectivity index (χ0v) is 35.1. The van der Waals surface area contributed by atoms with E-state index >= 15 is 0 Å². The van der Waals surface area contributed by atoms with Crippen molar-refractivity contribution in [1.29, 1.82) is 0 Å². The lowest BCUT2D eigenvalue weighted by atomic mass is 9.95. The molecule has 0 amide bonds. The molecule has 0 unspecified atom stereocenters. The molecule has 0 atom stereocenters. The number of rotatable bonds is 9. The molecule has 0 spiro atoms. The van der Waals surface area contributed by atoms with Gasteiger partial charge in [0.25, 0.3) is 0 Å². The average molecular weight is 823 g/mol. The normalized spacial score (nSPS) is 11.5. The highest BCUT2D eigenvalue weighted by Crippen LogP contribution is 2.38. The van der Waals surface area contributed by atoms with Gasteiger partial charge in [0.2, 0.25) is 0 Å². The first-order valence-electron chi connectivity index (χ1n) is 21.0. The Hall–Kier alpha value is -8.44. The van der Waals surface area contributed by atoms with Crippen LogP contribution >= 0.6 is 0 Å². The third kappa shape index (κ3) is 6.36. The monoisotopic (exact) mass is 822 g/mol. The van der Waals surface area contributed by atoms with Crippen molar-refractivity contribution in [1.82, 2.24) is 24.3 Å². The molecule has 63 heavy (non-hydrogen) atoms. The van der Waals surface area contributed by atoms with E-state index in [1.807, 2.05) is 36.5 Å². The van der Waals surface area contributed by atoms with E-state index in [0.29, 0.717) is 11.5 Å². The average Bonchev–Trinajstić information content (AvgIpc) is 3.99. The van der Waals surface area contributed by atoms with Gasteiger partial charge in [-0.1, -0.05) is 193 Å². The Bertz CT molecular complexity index is 3350. The number of pyridine rings is 1. The Labute approximate surface area is 366 Å². The molecule has 0 saturated carbocycles. The van der Waals surface area contributed by atoms with Crippen LogP contribution in [-0.4, -0.2) is 32.4 Å². The summed E-state index contributed by atoms with van der Waals surface area (Å²) in [6, 6.07) is 77.0. The minimum Gasteiger partial charge on any atom is -0.294 e. The van der Waals surface area contributed by atoms with Gasteiger partial charge in [0.1, 0.15) is 12.1 Å². The Kier molecular flexibility index (Phi) is 9.46. The van der Waals surface area contributed by atoms with E-state index in [-0.39, 0.29) is 0 Å². The second kappa shape index (κ2) is 15.9. The van der Waals surface area contributed by atoms with Crippen LogP contribution in [0.5, 0.6) is 0 Å². The van der Waals surface area contributed by atoms with Gasteiger partial charge in [0.15, 0.2) is 19.6 Å². The predicted molar refractivity (Wildman–Crippen MR) is 260 cm³/mol. The van der Waals surface area contributed by atoms with Crippen molar-refractivity contribution in [3.8, 4) is 45.1 Å². The van der Waals surface area contributed by atoms with E-state index in [4.69, 9.17) is 16.7 Å². The summed E-state index contributed by atoms with van der Waals surface area (Å²) in [5.74, 6) is 1.51. The fourth-order valence-electron chi connectivity index (χ4n) is 9.43. The number of hydrogen-bond donors (Lipinski definition) is 0. The Morgan fingerprint density at radius 1 is 0.460 bits per heavy atom. The summed E-state index contributed by atoms with van der Waals surface area (Å²) in [6.45, 7) is 8.57. The first kappa shape index (κ1) is 37.5.